The Hall–Kier alpha value is -2.57. The Morgan fingerprint density at radius 1 is 1.31 bits per heavy atom. The number of aliphatic hydroxyl groups excluding tert-OH is 1. The van der Waals surface area contributed by atoms with Gasteiger partial charge in [0.15, 0.2) is 0 Å². The lowest BCUT2D eigenvalue weighted by Gasteiger charge is -2.22. The maximum atomic E-state index is 14.7. The van der Waals surface area contributed by atoms with E-state index in [2.05, 4.69) is 30.2 Å². The van der Waals surface area contributed by atoms with Crippen molar-refractivity contribution in [3.05, 3.63) is 76.8 Å². The van der Waals surface area contributed by atoms with Crippen LogP contribution in [0.15, 0.2) is 60.1 Å². The van der Waals surface area contributed by atoms with E-state index < -0.39 is 17.6 Å². The number of aryl methyl sites for hydroxylation is 1. The molecule has 0 radical (unpaired) electrons. The lowest BCUT2D eigenvalue weighted by molar-refractivity contribution is 0.201. The van der Waals surface area contributed by atoms with E-state index in [9.17, 15) is 13.9 Å². The summed E-state index contributed by atoms with van der Waals surface area (Å²) in [5, 5.41) is 24.1. The Kier molecular flexibility index (Phi) is 13.6. The van der Waals surface area contributed by atoms with Gasteiger partial charge in [0, 0.05) is 35.6 Å². The van der Waals surface area contributed by atoms with E-state index in [0.717, 1.165) is 36.2 Å². The fraction of sp³-hybridized carbons (Fsp3) is 0.500. The van der Waals surface area contributed by atoms with Crippen LogP contribution in [0.1, 0.15) is 82.9 Å². The van der Waals surface area contributed by atoms with Crippen LogP contribution in [0.25, 0.3) is 0 Å². The molecule has 0 fully saturated rings. The maximum absolute atomic E-state index is 14.7. The monoisotopic (exact) mass is 501 g/mol. The van der Waals surface area contributed by atoms with Gasteiger partial charge in [0.1, 0.15) is 17.6 Å². The fourth-order valence-corrected chi connectivity index (χ4v) is 3.93. The van der Waals surface area contributed by atoms with Crippen molar-refractivity contribution < 1.29 is 13.9 Å². The lowest BCUT2D eigenvalue weighted by atomic mass is 9.88. The molecule has 3 atom stereocenters. The third-order valence-electron chi connectivity index (χ3n) is 6.44. The third kappa shape index (κ3) is 9.82. The van der Waals surface area contributed by atoms with Crippen LogP contribution in [0.2, 0.25) is 0 Å². The average molecular weight is 502 g/mol. The molecule has 4 N–H and O–H groups in total. The molecule has 6 heteroatoms. The van der Waals surface area contributed by atoms with E-state index in [4.69, 9.17) is 5.41 Å². The SMILES string of the molecule is C=CC(F)(CC)CC/C(C)=C\C(CNCCC)c1cc(C=N)c(NC(=C/C)/C=C(/F)C(C)O)cc1C. The molecule has 0 amide bonds. The van der Waals surface area contributed by atoms with Crippen LogP contribution in [-0.2, 0) is 0 Å². The molecule has 0 aliphatic carbocycles. The fourth-order valence-electron chi connectivity index (χ4n) is 3.93. The standard InChI is InChI=1S/C30H45F2N3O/c1-8-14-34-20-25(15-21(5)12-13-30(32,10-3)11-4)27-17-24(19-33)29(16-22(27)6)35-26(9-2)18-28(31)23(7)36/h9-10,15-19,23,25,33-36H,3,8,11-14,20H2,1-2,4-7H3/b21-15-,26-9+,28-18+,33-19?. The van der Waals surface area contributed by atoms with Crippen molar-refractivity contribution in [3.8, 4) is 0 Å². The summed E-state index contributed by atoms with van der Waals surface area (Å²) in [5.41, 5.74) is 3.73. The lowest BCUT2D eigenvalue weighted by Crippen LogP contribution is -2.22. The van der Waals surface area contributed by atoms with Crippen LogP contribution in [-0.4, -0.2) is 36.2 Å². The molecular formula is C30H45F2N3O. The first-order valence-electron chi connectivity index (χ1n) is 12.9. The summed E-state index contributed by atoms with van der Waals surface area (Å²) in [6.07, 6.45) is 9.15. The molecule has 1 aromatic carbocycles. The topological polar surface area (TPSA) is 68.1 Å². The highest BCUT2D eigenvalue weighted by Gasteiger charge is 2.23. The molecule has 0 aliphatic rings. The molecule has 1 rings (SSSR count). The van der Waals surface area contributed by atoms with Gasteiger partial charge in [-0.25, -0.2) is 8.78 Å². The van der Waals surface area contributed by atoms with Crippen LogP contribution in [0.5, 0.6) is 0 Å². The van der Waals surface area contributed by atoms with Gasteiger partial charge < -0.3 is 21.1 Å². The van der Waals surface area contributed by atoms with Crippen LogP contribution >= 0.6 is 0 Å². The van der Waals surface area contributed by atoms with Crippen molar-refractivity contribution >= 4 is 11.9 Å². The second-order valence-electron chi connectivity index (χ2n) is 9.43. The molecule has 0 bridgehead atoms. The summed E-state index contributed by atoms with van der Waals surface area (Å²) >= 11 is 0. The molecular weight excluding hydrogens is 456 g/mol. The van der Waals surface area contributed by atoms with Gasteiger partial charge in [0.2, 0.25) is 0 Å². The van der Waals surface area contributed by atoms with Gasteiger partial charge in [-0.05, 0) is 89.3 Å². The molecule has 4 nitrogen and oxygen atoms in total. The second-order valence-corrected chi connectivity index (χ2v) is 9.43. The molecule has 0 heterocycles. The van der Waals surface area contributed by atoms with Gasteiger partial charge in [-0.3, -0.25) is 0 Å². The Morgan fingerprint density at radius 2 is 2.00 bits per heavy atom. The van der Waals surface area contributed by atoms with Gasteiger partial charge in [0.05, 0.1) is 0 Å². The second kappa shape index (κ2) is 15.5. The minimum absolute atomic E-state index is 0.0532. The molecule has 36 heavy (non-hydrogen) atoms. The zero-order chi connectivity index (χ0) is 27.3. The van der Waals surface area contributed by atoms with Gasteiger partial charge in [-0.2, -0.15) is 0 Å². The molecule has 0 saturated carbocycles. The molecule has 1 aromatic rings. The van der Waals surface area contributed by atoms with Crippen molar-refractivity contribution in [2.75, 3.05) is 18.4 Å². The molecule has 200 valence electrons. The van der Waals surface area contributed by atoms with E-state index in [1.54, 1.807) is 13.0 Å². The maximum Gasteiger partial charge on any atom is 0.130 e. The first-order chi connectivity index (χ1) is 17.0. The van der Waals surface area contributed by atoms with E-state index in [1.807, 2.05) is 32.9 Å². The summed E-state index contributed by atoms with van der Waals surface area (Å²) in [6, 6.07) is 3.95. The first-order valence-corrected chi connectivity index (χ1v) is 12.9. The number of nitrogens with one attached hydrogen (secondary N) is 3. The van der Waals surface area contributed by atoms with E-state index >= 15 is 0 Å². The molecule has 0 spiro atoms. The van der Waals surface area contributed by atoms with Gasteiger partial charge in [-0.15, -0.1) is 0 Å². The van der Waals surface area contributed by atoms with Gasteiger partial charge in [0.25, 0.3) is 0 Å². The predicted octanol–water partition coefficient (Wildman–Crippen LogP) is 7.66. The number of hydrogen-bond donors (Lipinski definition) is 4. The zero-order valence-electron chi connectivity index (χ0n) is 22.8. The number of hydrogen-bond acceptors (Lipinski definition) is 4. The van der Waals surface area contributed by atoms with Crippen LogP contribution < -0.4 is 10.6 Å². The summed E-state index contributed by atoms with van der Waals surface area (Å²) in [7, 11) is 0. The Labute approximate surface area is 216 Å². The first kappa shape index (κ1) is 31.5. The third-order valence-corrected chi connectivity index (χ3v) is 6.44. The highest BCUT2D eigenvalue weighted by molar-refractivity contribution is 5.87. The van der Waals surface area contributed by atoms with E-state index in [1.165, 1.54) is 25.3 Å². The highest BCUT2D eigenvalue weighted by atomic mass is 19.1. The van der Waals surface area contributed by atoms with Gasteiger partial charge >= 0.3 is 0 Å². The Balaban J connectivity index is 3.34. The zero-order valence-corrected chi connectivity index (χ0v) is 22.8. The summed E-state index contributed by atoms with van der Waals surface area (Å²) in [4.78, 5) is 0. The average Bonchev–Trinajstić information content (AvgIpc) is 2.86. The minimum atomic E-state index is -1.35. The molecule has 0 aliphatic heterocycles. The number of anilines is 1. The van der Waals surface area contributed by atoms with Crippen LogP contribution in [0.3, 0.4) is 0 Å². The minimum Gasteiger partial charge on any atom is -0.386 e. The summed E-state index contributed by atoms with van der Waals surface area (Å²) < 4.78 is 28.7. The number of halogens is 2. The number of alkyl halides is 1. The molecule has 3 unspecified atom stereocenters. The van der Waals surface area contributed by atoms with Gasteiger partial charge in [-0.1, -0.05) is 44.2 Å². The molecule has 0 aromatic heterocycles. The van der Waals surface area contributed by atoms with Crippen molar-refractivity contribution in [2.45, 2.75) is 84.9 Å². The number of aliphatic hydroxyl groups is 1. The number of benzene rings is 1. The number of rotatable bonds is 16. The Morgan fingerprint density at radius 3 is 2.53 bits per heavy atom. The van der Waals surface area contributed by atoms with Crippen molar-refractivity contribution in [3.63, 3.8) is 0 Å². The van der Waals surface area contributed by atoms with Crippen LogP contribution in [0, 0.1) is 12.3 Å². The highest BCUT2D eigenvalue weighted by Crippen LogP contribution is 2.31. The predicted molar refractivity (Wildman–Crippen MR) is 151 cm³/mol. The van der Waals surface area contributed by atoms with Crippen molar-refractivity contribution in [1.82, 2.24) is 5.32 Å². The summed E-state index contributed by atoms with van der Waals surface area (Å²) in [6.45, 7) is 16.4. The molecule has 0 saturated heterocycles. The van der Waals surface area contributed by atoms with Crippen molar-refractivity contribution in [1.29, 1.82) is 5.41 Å². The summed E-state index contributed by atoms with van der Waals surface area (Å²) in [5.74, 6) is -0.586. The number of allylic oxidation sites excluding steroid dienone is 4. The van der Waals surface area contributed by atoms with E-state index in [0.29, 0.717) is 36.2 Å². The van der Waals surface area contributed by atoms with Crippen molar-refractivity contribution in [2.24, 2.45) is 0 Å². The van der Waals surface area contributed by atoms with Crippen LogP contribution in [0.4, 0.5) is 14.5 Å². The quantitative estimate of drug-likeness (QED) is 0.0813. The largest absolute Gasteiger partial charge is 0.386 e. The Bertz CT molecular complexity index is 965. The van der Waals surface area contributed by atoms with E-state index in [-0.39, 0.29) is 5.92 Å². The normalized spacial score (nSPS) is 16.3. The smallest absolute Gasteiger partial charge is 0.130 e.